The van der Waals surface area contributed by atoms with Crippen LogP contribution in [0.5, 0.6) is 5.88 Å². The van der Waals surface area contributed by atoms with Gasteiger partial charge in [0.25, 0.3) is 5.91 Å². The van der Waals surface area contributed by atoms with E-state index < -0.39 is 0 Å². The summed E-state index contributed by atoms with van der Waals surface area (Å²) < 4.78 is 21.5. The fourth-order valence-corrected chi connectivity index (χ4v) is 7.73. The number of carbonyl (C=O) groups is 1. The number of ether oxygens (including phenoxy) is 1. The SMILES string of the molecule is COc1nc(-c2cccc(-c3c(F)ccc(NC(=O)C4=CN(C)C(=C5CCC5)N(C)C4=C4CCC4)c3C)c2C)cc2c1C(C)CC2. The Bertz CT molecular complexity index is 1860. The van der Waals surface area contributed by atoms with Gasteiger partial charge in [-0.2, -0.15) is 0 Å². The van der Waals surface area contributed by atoms with Crippen molar-refractivity contribution >= 4 is 11.6 Å². The molecule has 3 aliphatic carbocycles. The molecule has 1 amide bonds. The first kappa shape index (κ1) is 30.3. The lowest BCUT2D eigenvalue weighted by molar-refractivity contribution is -0.112. The Morgan fingerprint density at radius 2 is 1.70 bits per heavy atom. The zero-order valence-corrected chi connectivity index (χ0v) is 27.8. The Hall–Kier alpha value is -4.39. The summed E-state index contributed by atoms with van der Waals surface area (Å²) in [5.74, 6) is 1.78. The third-order valence-electron chi connectivity index (χ3n) is 10.6. The average molecular weight is 619 g/mol. The summed E-state index contributed by atoms with van der Waals surface area (Å²) in [7, 11) is 5.78. The van der Waals surface area contributed by atoms with E-state index in [9.17, 15) is 4.79 Å². The van der Waals surface area contributed by atoms with Crippen molar-refractivity contribution in [1.29, 1.82) is 0 Å². The first-order chi connectivity index (χ1) is 22.2. The number of hydrogen-bond donors (Lipinski definition) is 1. The standard InChI is InChI=1S/C39H43FN4O2/c1-22-16-17-27-20-33(42-38(46-6)34(22)27)28-14-9-15-29(23(28)2)35-24(3)32(19-18-31(35)40)41-37(45)30-21-43(4)39(26-12-8-13-26)44(5)36(30)25-10-7-11-25/h9,14-15,18-22H,7-8,10-13,16-17H2,1-6H3,(H,41,45). The van der Waals surface area contributed by atoms with Gasteiger partial charge in [-0.25, -0.2) is 9.37 Å². The first-order valence-electron chi connectivity index (χ1n) is 16.6. The number of nitrogens with one attached hydrogen (secondary N) is 1. The number of likely N-dealkylation sites (N-methyl/N-ethyl adjacent to an activating group) is 1. The molecule has 6 nitrogen and oxygen atoms in total. The molecule has 46 heavy (non-hydrogen) atoms. The second-order valence-electron chi connectivity index (χ2n) is 13.4. The first-order valence-corrected chi connectivity index (χ1v) is 16.6. The van der Waals surface area contributed by atoms with Gasteiger partial charge in [0.1, 0.15) is 11.6 Å². The van der Waals surface area contributed by atoms with Crippen molar-refractivity contribution in [3.05, 3.63) is 98.9 Å². The average Bonchev–Trinajstić information content (AvgIpc) is 3.36. The molecule has 2 heterocycles. The van der Waals surface area contributed by atoms with Gasteiger partial charge in [-0.3, -0.25) is 4.79 Å². The fourth-order valence-electron chi connectivity index (χ4n) is 7.73. The van der Waals surface area contributed by atoms with E-state index in [1.54, 1.807) is 13.2 Å². The molecule has 0 saturated heterocycles. The third-order valence-corrected chi connectivity index (χ3v) is 10.6. The third kappa shape index (κ3) is 4.91. The molecule has 238 valence electrons. The van der Waals surface area contributed by atoms with E-state index in [0.29, 0.717) is 34.2 Å². The number of hydrogen-bond acceptors (Lipinski definition) is 5. The molecular formula is C39H43FN4O2. The lowest BCUT2D eigenvalue weighted by Gasteiger charge is -2.42. The number of anilines is 1. The Morgan fingerprint density at radius 3 is 2.37 bits per heavy atom. The lowest BCUT2D eigenvalue weighted by Crippen LogP contribution is -2.39. The minimum absolute atomic E-state index is 0.180. The smallest absolute Gasteiger partial charge is 0.259 e. The highest BCUT2D eigenvalue weighted by Crippen LogP contribution is 2.44. The number of fused-ring (bicyclic) bond motifs is 1. The number of aryl methyl sites for hydroxylation is 1. The van der Waals surface area contributed by atoms with Crippen LogP contribution in [0.25, 0.3) is 22.4 Å². The van der Waals surface area contributed by atoms with Gasteiger partial charge in [0.2, 0.25) is 5.88 Å². The van der Waals surface area contributed by atoms with Crippen LogP contribution in [0.3, 0.4) is 0 Å². The molecule has 7 heteroatoms. The molecule has 1 aliphatic heterocycles. The number of methoxy groups -OCH3 is 1. The van der Waals surface area contributed by atoms with Crippen molar-refractivity contribution in [2.45, 2.75) is 78.1 Å². The van der Waals surface area contributed by atoms with Gasteiger partial charge in [0.15, 0.2) is 0 Å². The number of pyridine rings is 1. The summed E-state index contributed by atoms with van der Waals surface area (Å²) in [6.07, 6.45) is 10.7. The fraction of sp³-hybridized carbons (Fsp3) is 0.385. The van der Waals surface area contributed by atoms with E-state index in [2.05, 4.69) is 35.2 Å². The van der Waals surface area contributed by atoms with Crippen molar-refractivity contribution in [2.24, 2.45) is 0 Å². The van der Waals surface area contributed by atoms with E-state index in [1.807, 2.05) is 45.3 Å². The number of amides is 1. The number of halogens is 1. The Kier molecular flexibility index (Phi) is 7.74. The molecule has 2 saturated carbocycles. The summed E-state index contributed by atoms with van der Waals surface area (Å²) in [5, 5.41) is 3.17. The minimum Gasteiger partial charge on any atom is -0.481 e. The van der Waals surface area contributed by atoms with E-state index >= 15 is 4.39 Å². The van der Waals surface area contributed by atoms with E-state index in [1.165, 1.54) is 40.6 Å². The zero-order valence-electron chi connectivity index (χ0n) is 27.8. The molecule has 3 aromatic rings. The van der Waals surface area contributed by atoms with Gasteiger partial charge in [-0.1, -0.05) is 25.1 Å². The summed E-state index contributed by atoms with van der Waals surface area (Å²) in [5.41, 5.74) is 12.2. The summed E-state index contributed by atoms with van der Waals surface area (Å²) >= 11 is 0. The van der Waals surface area contributed by atoms with Gasteiger partial charge >= 0.3 is 0 Å². The van der Waals surface area contributed by atoms with Crippen LogP contribution >= 0.6 is 0 Å². The molecule has 2 fully saturated rings. The number of carbonyl (C=O) groups excluding carboxylic acids is 1. The van der Waals surface area contributed by atoms with E-state index in [0.717, 1.165) is 73.0 Å². The Balaban J connectivity index is 1.25. The molecular weight excluding hydrogens is 575 g/mol. The molecule has 2 aromatic carbocycles. The molecule has 0 bridgehead atoms. The highest BCUT2D eigenvalue weighted by molar-refractivity contribution is 6.08. The van der Waals surface area contributed by atoms with Crippen LogP contribution in [-0.2, 0) is 11.2 Å². The molecule has 1 aromatic heterocycles. The zero-order chi connectivity index (χ0) is 32.3. The van der Waals surface area contributed by atoms with Crippen molar-refractivity contribution in [1.82, 2.24) is 14.8 Å². The number of nitrogens with zero attached hydrogens (tertiary/aromatic N) is 3. The van der Waals surface area contributed by atoms with Crippen LogP contribution in [0.4, 0.5) is 10.1 Å². The molecule has 1 unspecified atom stereocenters. The summed E-state index contributed by atoms with van der Waals surface area (Å²) in [6, 6.07) is 11.2. The largest absolute Gasteiger partial charge is 0.481 e. The second-order valence-corrected chi connectivity index (χ2v) is 13.4. The van der Waals surface area contributed by atoms with Crippen molar-refractivity contribution in [2.75, 3.05) is 26.5 Å². The van der Waals surface area contributed by atoms with E-state index in [-0.39, 0.29) is 11.7 Å². The van der Waals surface area contributed by atoms with Crippen LogP contribution in [0.15, 0.2) is 70.8 Å². The number of aromatic nitrogens is 1. The highest BCUT2D eigenvalue weighted by atomic mass is 19.1. The van der Waals surface area contributed by atoms with Gasteiger partial charge in [0, 0.05) is 42.7 Å². The maximum Gasteiger partial charge on any atom is 0.259 e. The molecule has 4 aliphatic rings. The quantitative estimate of drug-likeness (QED) is 0.310. The van der Waals surface area contributed by atoms with Crippen molar-refractivity contribution in [3.63, 3.8) is 0 Å². The minimum atomic E-state index is -0.325. The van der Waals surface area contributed by atoms with Gasteiger partial charge in [0.05, 0.1) is 24.1 Å². The molecule has 1 N–H and O–H groups in total. The van der Waals surface area contributed by atoms with Gasteiger partial charge in [-0.15, -0.1) is 0 Å². The maximum absolute atomic E-state index is 15.8. The monoisotopic (exact) mass is 618 g/mol. The van der Waals surface area contributed by atoms with Crippen LogP contribution in [-0.4, -0.2) is 41.9 Å². The normalized spacial score (nSPS) is 19.1. The number of allylic oxidation sites excluding steroid dienone is 2. The predicted molar refractivity (Wildman–Crippen MR) is 182 cm³/mol. The van der Waals surface area contributed by atoms with Gasteiger partial charge in [-0.05, 0) is 123 Å². The molecule has 1 atom stereocenters. The number of benzene rings is 2. The van der Waals surface area contributed by atoms with Crippen LogP contribution in [0.2, 0.25) is 0 Å². The maximum atomic E-state index is 15.8. The molecule has 7 rings (SSSR count). The second kappa shape index (κ2) is 11.8. The topological polar surface area (TPSA) is 57.7 Å². The van der Waals surface area contributed by atoms with E-state index in [4.69, 9.17) is 9.72 Å². The highest BCUT2D eigenvalue weighted by Gasteiger charge is 2.34. The van der Waals surface area contributed by atoms with Crippen LogP contribution in [0, 0.1) is 19.7 Å². The van der Waals surface area contributed by atoms with Crippen LogP contribution in [0.1, 0.15) is 80.0 Å². The number of rotatable bonds is 5. The predicted octanol–water partition coefficient (Wildman–Crippen LogP) is 8.76. The Morgan fingerprint density at radius 1 is 0.978 bits per heavy atom. The summed E-state index contributed by atoms with van der Waals surface area (Å²) in [6.45, 7) is 6.12. The molecule has 0 radical (unpaired) electrons. The van der Waals surface area contributed by atoms with Crippen LogP contribution < -0.4 is 10.1 Å². The van der Waals surface area contributed by atoms with Crippen molar-refractivity contribution < 1.29 is 13.9 Å². The van der Waals surface area contributed by atoms with Gasteiger partial charge < -0.3 is 19.9 Å². The Labute approximate surface area is 271 Å². The lowest BCUT2D eigenvalue weighted by atomic mass is 9.85. The molecule has 0 spiro atoms. The van der Waals surface area contributed by atoms with Crippen molar-refractivity contribution in [3.8, 4) is 28.3 Å². The summed E-state index contributed by atoms with van der Waals surface area (Å²) in [4.78, 5) is 23.3.